The molecule has 0 bridgehead atoms. The van der Waals surface area contributed by atoms with Crippen LogP contribution in [0.3, 0.4) is 0 Å². The fourth-order valence-electron chi connectivity index (χ4n) is 4.09. The van der Waals surface area contributed by atoms with Gasteiger partial charge < -0.3 is 5.32 Å². The van der Waals surface area contributed by atoms with Gasteiger partial charge in [0.05, 0.1) is 0 Å². The number of piperidine rings is 1. The third kappa shape index (κ3) is 3.95. The molecule has 1 N–H and O–H groups in total. The lowest BCUT2D eigenvalue weighted by Gasteiger charge is -2.47. The molecular weight excluding hydrogens is 232 g/mol. The minimum Gasteiger partial charge on any atom is -0.313 e. The molecule has 112 valence electrons. The second-order valence-corrected chi connectivity index (χ2v) is 7.70. The molecule has 19 heavy (non-hydrogen) atoms. The molecule has 0 aromatic heterocycles. The zero-order valence-electron chi connectivity index (χ0n) is 13.5. The maximum atomic E-state index is 3.76. The number of likely N-dealkylation sites (N-methyl/N-ethyl adjacent to an activating group) is 1. The minimum atomic E-state index is 0.477. The van der Waals surface area contributed by atoms with Crippen molar-refractivity contribution in [2.24, 2.45) is 11.3 Å². The van der Waals surface area contributed by atoms with Gasteiger partial charge in [-0.1, -0.05) is 34.1 Å². The molecule has 2 nitrogen and oxygen atoms in total. The normalized spacial score (nSPS) is 34.4. The van der Waals surface area contributed by atoms with E-state index >= 15 is 0 Å². The van der Waals surface area contributed by atoms with Crippen LogP contribution in [0.4, 0.5) is 0 Å². The first-order valence-electron chi connectivity index (χ1n) is 8.49. The van der Waals surface area contributed by atoms with Gasteiger partial charge in [-0.05, 0) is 63.1 Å². The topological polar surface area (TPSA) is 15.3 Å². The highest BCUT2D eigenvalue weighted by molar-refractivity contribution is 4.94. The number of rotatable bonds is 3. The van der Waals surface area contributed by atoms with Crippen molar-refractivity contribution in [1.82, 2.24) is 10.2 Å². The molecule has 2 fully saturated rings. The lowest BCUT2D eigenvalue weighted by molar-refractivity contribution is 0.0479. The van der Waals surface area contributed by atoms with Crippen molar-refractivity contribution in [2.75, 3.05) is 19.6 Å². The van der Waals surface area contributed by atoms with E-state index in [9.17, 15) is 0 Å². The Morgan fingerprint density at radius 3 is 2.32 bits per heavy atom. The average Bonchev–Trinajstić information content (AvgIpc) is 2.39. The number of nitrogens with one attached hydrogen (secondary N) is 1. The summed E-state index contributed by atoms with van der Waals surface area (Å²) in [6, 6.07) is 1.53. The quantitative estimate of drug-likeness (QED) is 0.838. The second kappa shape index (κ2) is 6.58. The summed E-state index contributed by atoms with van der Waals surface area (Å²) in [5.74, 6) is 0.898. The fourth-order valence-corrected chi connectivity index (χ4v) is 4.09. The van der Waals surface area contributed by atoms with Crippen molar-refractivity contribution in [3.8, 4) is 0 Å². The van der Waals surface area contributed by atoms with Crippen molar-refractivity contribution in [3.05, 3.63) is 0 Å². The zero-order valence-corrected chi connectivity index (χ0v) is 13.5. The lowest BCUT2D eigenvalue weighted by Crippen LogP contribution is -2.55. The molecule has 1 aliphatic carbocycles. The predicted octanol–water partition coefficient (Wildman–Crippen LogP) is 3.67. The van der Waals surface area contributed by atoms with Crippen molar-refractivity contribution in [1.29, 1.82) is 0 Å². The van der Waals surface area contributed by atoms with Crippen molar-refractivity contribution >= 4 is 0 Å². The van der Waals surface area contributed by atoms with Gasteiger partial charge in [-0.15, -0.1) is 0 Å². The molecule has 1 saturated heterocycles. The highest BCUT2D eigenvalue weighted by Gasteiger charge is 2.38. The van der Waals surface area contributed by atoms with E-state index in [0.29, 0.717) is 5.41 Å². The third-order valence-corrected chi connectivity index (χ3v) is 5.37. The summed E-state index contributed by atoms with van der Waals surface area (Å²) in [6.45, 7) is 13.3. The Hall–Kier alpha value is -0.0800. The van der Waals surface area contributed by atoms with E-state index in [4.69, 9.17) is 0 Å². The molecule has 1 aliphatic heterocycles. The highest BCUT2D eigenvalue weighted by atomic mass is 15.2. The standard InChI is InChI=1S/C17H34N2/c1-5-18-15-10-9-14(17(2,3)4)13-16(15)19-11-7-6-8-12-19/h14-16,18H,5-13H2,1-4H3. The number of hydrogen-bond acceptors (Lipinski definition) is 2. The van der Waals surface area contributed by atoms with Gasteiger partial charge >= 0.3 is 0 Å². The Kier molecular flexibility index (Phi) is 5.30. The fraction of sp³-hybridized carbons (Fsp3) is 1.00. The minimum absolute atomic E-state index is 0.477. The monoisotopic (exact) mass is 266 g/mol. The highest BCUT2D eigenvalue weighted by Crippen LogP contribution is 2.39. The smallest absolute Gasteiger partial charge is 0.0252 e. The Balaban J connectivity index is 2.03. The SMILES string of the molecule is CCNC1CCC(C(C)(C)C)CC1N1CCCCC1. The third-order valence-electron chi connectivity index (χ3n) is 5.37. The molecule has 2 heteroatoms. The molecule has 0 amide bonds. The Labute approximate surface area is 120 Å². The van der Waals surface area contributed by atoms with Crippen LogP contribution < -0.4 is 5.32 Å². The van der Waals surface area contributed by atoms with Gasteiger partial charge in [0.25, 0.3) is 0 Å². The maximum absolute atomic E-state index is 3.76. The summed E-state index contributed by atoms with van der Waals surface area (Å²) in [5, 5.41) is 3.76. The number of hydrogen-bond donors (Lipinski definition) is 1. The van der Waals surface area contributed by atoms with Crippen LogP contribution in [0, 0.1) is 11.3 Å². The molecule has 3 unspecified atom stereocenters. The summed E-state index contributed by atoms with van der Waals surface area (Å²) in [7, 11) is 0. The molecule has 1 saturated carbocycles. The molecule has 0 spiro atoms. The van der Waals surface area contributed by atoms with Crippen LogP contribution in [0.15, 0.2) is 0 Å². The van der Waals surface area contributed by atoms with Gasteiger partial charge in [0.2, 0.25) is 0 Å². The van der Waals surface area contributed by atoms with Crippen molar-refractivity contribution < 1.29 is 0 Å². The van der Waals surface area contributed by atoms with Crippen LogP contribution in [0.5, 0.6) is 0 Å². The van der Waals surface area contributed by atoms with Crippen LogP contribution >= 0.6 is 0 Å². The summed E-state index contributed by atoms with van der Waals surface area (Å²) < 4.78 is 0. The van der Waals surface area contributed by atoms with E-state index in [2.05, 4.69) is 37.9 Å². The molecule has 3 atom stereocenters. The number of likely N-dealkylation sites (tertiary alicyclic amines) is 1. The van der Waals surface area contributed by atoms with Crippen molar-refractivity contribution in [2.45, 2.75) is 78.3 Å². The first-order chi connectivity index (χ1) is 9.02. The van der Waals surface area contributed by atoms with Gasteiger partial charge in [0.15, 0.2) is 0 Å². The first-order valence-corrected chi connectivity index (χ1v) is 8.49. The Morgan fingerprint density at radius 2 is 1.74 bits per heavy atom. The second-order valence-electron chi connectivity index (χ2n) is 7.70. The van der Waals surface area contributed by atoms with Gasteiger partial charge in [-0.2, -0.15) is 0 Å². The van der Waals surface area contributed by atoms with Crippen LogP contribution in [0.1, 0.15) is 66.2 Å². The van der Waals surface area contributed by atoms with E-state index in [1.54, 1.807) is 0 Å². The number of nitrogens with zero attached hydrogens (tertiary/aromatic N) is 1. The van der Waals surface area contributed by atoms with Crippen LogP contribution in [0.2, 0.25) is 0 Å². The molecule has 0 radical (unpaired) electrons. The molecular formula is C17H34N2. The van der Waals surface area contributed by atoms with Crippen LogP contribution in [0.25, 0.3) is 0 Å². The molecule has 0 aromatic rings. The first kappa shape index (κ1) is 15.3. The van der Waals surface area contributed by atoms with Crippen LogP contribution in [-0.2, 0) is 0 Å². The molecule has 2 aliphatic rings. The van der Waals surface area contributed by atoms with E-state index in [-0.39, 0.29) is 0 Å². The molecule has 0 aromatic carbocycles. The average molecular weight is 266 g/mol. The largest absolute Gasteiger partial charge is 0.313 e. The van der Waals surface area contributed by atoms with E-state index in [1.807, 2.05) is 0 Å². The summed E-state index contributed by atoms with van der Waals surface area (Å²) >= 11 is 0. The molecule has 1 heterocycles. The van der Waals surface area contributed by atoms with E-state index < -0.39 is 0 Å². The summed E-state index contributed by atoms with van der Waals surface area (Å²) in [4.78, 5) is 2.80. The van der Waals surface area contributed by atoms with Crippen LogP contribution in [-0.4, -0.2) is 36.6 Å². The zero-order chi connectivity index (χ0) is 13.9. The summed E-state index contributed by atoms with van der Waals surface area (Å²) in [6.07, 6.45) is 8.45. The Bertz CT molecular complexity index is 258. The van der Waals surface area contributed by atoms with Gasteiger partial charge in [0.1, 0.15) is 0 Å². The van der Waals surface area contributed by atoms with Gasteiger partial charge in [0, 0.05) is 12.1 Å². The van der Waals surface area contributed by atoms with Crippen molar-refractivity contribution in [3.63, 3.8) is 0 Å². The Morgan fingerprint density at radius 1 is 1.05 bits per heavy atom. The maximum Gasteiger partial charge on any atom is 0.0252 e. The summed E-state index contributed by atoms with van der Waals surface area (Å²) in [5.41, 5.74) is 0.477. The van der Waals surface area contributed by atoms with Gasteiger partial charge in [-0.3, -0.25) is 4.90 Å². The molecule has 2 rings (SSSR count). The van der Waals surface area contributed by atoms with E-state index in [0.717, 1.165) is 24.5 Å². The van der Waals surface area contributed by atoms with Gasteiger partial charge in [-0.25, -0.2) is 0 Å². The van der Waals surface area contributed by atoms with E-state index in [1.165, 1.54) is 51.6 Å². The predicted molar refractivity (Wildman–Crippen MR) is 83.5 cm³/mol. The lowest BCUT2D eigenvalue weighted by atomic mass is 9.69.